The molecule has 0 aliphatic heterocycles. The second kappa shape index (κ2) is 13.1. The molecule has 4 rings (SSSR count). The van der Waals surface area contributed by atoms with Crippen molar-refractivity contribution in [2.45, 2.75) is 26.2 Å². The zero-order valence-corrected chi connectivity index (χ0v) is 21.1. The zero-order valence-electron chi connectivity index (χ0n) is 20.3. The molecule has 0 spiro atoms. The maximum absolute atomic E-state index is 12.4. The molecule has 0 unspecified atom stereocenters. The van der Waals surface area contributed by atoms with Crippen LogP contribution in [0.3, 0.4) is 0 Å². The fourth-order valence-electron chi connectivity index (χ4n) is 3.27. The fraction of sp³-hybridized carbons (Fsp3) is 0.133. The van der Waals surface area contributed by atoms with E-state index in [-0.39, 0.29) is 5.91 Å². The van der Waals surface area contributed by atoms with Gasteiger partial charge in [-0.05, 0) is 84.3 Å². The molecule has 0 heterocycles. The number of nitrogens with zero attached hydrogens (tertiary/aromatic N) is 1. The number of carbonyl (C=O) groups excluding carboxylic acids is 1. The Labute approximate surface area is 221 Å². The normalized spacial score (nSPS) is 11.6. The Bertz CT molecular complexity index is 1290. The van der Waals surface area contributed by atoms with Crippen LogP contribution in [0.2, 0.25) is 5.02 Å². The van der Waals surface area contributed by atoms with Crippen LogP contribution in [0.15, 0.2) is 108 Å². The lowest BCUT2D eigenvalue weighted by Gasteiger charge is -2.13. The van der Waals surface area contributed by atoms with E-state index in [4.69, 9.17) is 25.8 Å². The van der Waals surface area contributed by atoms with Crippen molar-refractivity contribution < 1.29 is 19.0 Å². The lowest BCUT2D eigenvalue weighted by atomic mass is 10.2. The second-order valence-electron chi connectivity index (χ2n) is 8.22. The van der Waals surface area contributed by atoms with Crippen molar-refractivity contribution in [3.05, 3.63) is 125 Å². The van der Waals surface area contributed by atoms with Crippen molar-refractivity contribution in [3.63, 3.8) is 0 Å². The molecule has 6 nitrogen and oxygen atoms in total. The molecule has 0 aliphatic carbocycles. The van der Waals surface area contributed by atoms with Crippen LogP contribution in [-0.4, -0.2) is 18.2 Å². The van der Waals surface area contributed by atoms with Crippen molar-refractivity contribution in [1.82, 2.24) is 5.43 Å². The fourth-order valence-corrected chi connectivity index (χ4v) is 3.40. The minimum Gasteiger partial charge on any atom is -0.489 e. The van der Waals surface area contributed by atoms with Gasteiger partial charge in [-0.25, -0.2) is 5.43 Å². The van der Waals surface area contributed by atoms with Gasteiger partial charge in [-0.3, -0.25) is 4.79 Å². The molecule has 0 fully saturated rings. The lowest BCUT2D eigenvalue weighted by molar-refractivity contribution is -0.127. The van der Waals surface area contributed by atoms with E-state index in [2.05, 4.69) is 10.5 Å². The number of rotatable bonds is 11. The molecule has 0 radical (unpaired) electrons. The second-order valence-corrected chi connectivity index (χ2v) is 8.66. The van der Waals surface area contributed by atoms with Crippen LogP contribution in [0.5, 0.6) is 17.2 Å². The third-order valence-corrected chi connectivity index (χ3v) is 5.59. The van der Waals surface area contributed by atoms with Gasteiger partial charge in [-0.15, -0.1) is 0 Å². The molecule has 0 saturated heterocycles. The molecule has 1 atom stereocenters. The molecule has 1 N–H and O–H groups in total. The minimum absolute atomic E-state index is 0.358. The third-order valence-electron chi connectivity index (χ3n) is 5.34. The number of hydrazone groups is 1. The SMILES string of the molecule is C[C@@H](Oc1ccc(OCc2ccccc2)cc1)C(=O)N/N=C\c1ccc(OCc2ccc(Cl)cc2)cc1. The first kappa shape index (κ1) is 25.8. The van der Waals surface area contributed by atoms with Crippen molar-refractivity contribution in [2.24, 2.45) is 5.10 Å². The molecular weight excluding hydrogens is 488 g/mol. The van der Waals surface area contributed by atoms with Crippen LogP contribution < -0.4 is 19.6 Å². The largest absolute Gasteiger partial charge is 0.489 e. The van der Waals surface area contributed by atoms with E-state index in [0.717, 1.165) is 28.2 Å². The number of nitrogens with one attached hydrogen (secondary N) is 1. The standard InChI is InChI=1S/C30H27ClN2O4/c1-22(37-29-17-15-28(16-18-29)35-20-24-5-3-2-4-6-24)30(34)33-32-19-23-9-13-27(14-10-23)36-21-25-7-11-26(31)12-8-25/h2-19,22H,20-21H2,1H3,(H,33,34)/b32-19-/t22-/m1/s1. The number of carbonyl (C=O) groups is 1. The zero-order chi connectivity index (χ0) is 25.9. The van der Waals surface area contributed by atoms with E-state index in [9.17, 15) is 4.79 Å². The summed E-state index contributed by atoms with van der Waals surface area (Å²) < 4.78 is 17.3. The molecule has 0 aromatic heterocycles. The molecule has 0 aliphatic rings. The van der Waals surface area contributed by atoms with Gasteiger partial charge < -0.3 is 14.2 Å². The number of halogens is 1. The van der Waals surface area contributed by atoms with Gasteiger partial charge in [0, 0.05) is 5.02 Å². The summed E-state index contributed by atoms with van der Waals surface area (Å²) in [5.74, 6) is 1.66. The van der Waals surface area contributed by atoms with Gasteiger partial charge in [0.1, 0.15) is 30.5 Å². The Morgan fingerprint density at radius 1 is 0.784 bits per heavy atom. The summed E-state index contributed by atoms with van der Waals surface area (Å²) in [6.07, 6.45) is 0.837. The number of benzene rings is 4. The van der Waals surface area contributed by atoms with Crippen molar-refractivity contribution in [3.8, 4) is 17.2 Å². The van der Waals surface area contributed by atoms with Gasteiger partial charge in [0.05, 0.1) is 6.21 Å². The highest BCUT2D eigenvalue weighted by Gasteiger charge is 2.14. The predicted molar refractivity (Wildman–Crippen MR) is 145 cm³/mol. The molecule has 4 aromatic rings. The summed E-state index contributed by atoms with van der Waals surface area (Å²) in [4.78, 5) is 12.4. The van der Waals surface area contributed by atoms with Gasteiger partial charge in [-0.2, -0.15) is 5.10 Å². The van der Waals surface area contributed by atoms with Crippen molar-refractivity contribution in [2.75, 3.05) is 0 Å². The number of hydrogen-bond donors (Lipinski definition) is 1. The predicted octanol–water partition coefficient (Wildman–Crippen LogP) is 6.42. The number of hydrogen-bond acceptors (Lipinski definition) is 5. The number of amides is 1. The van der Waals surface area contributed by atoms with E-state index in [1.807, 2.05) is 91.0 Å². The maximum atomic E-state index is 12.4. The van der Waals surface area contributed by atoms with Crippen molar-refractivity contribution in [1.29, 1.82) is 0 Å². The monoisotopic (exact) mass is 514 g/mol. The van der Waals surface area contributed by atoms with Gasteiger partial charge >= 0.3 is 0 Å². The topological polar surface area (TPSA) is 69.2 Å². The molecule has 4 aromatic carbocycles. The molecule has 188 valence electrons. The highest BCUT2D eigenvalue weighted by atomic mass is 35.5. The van der Waals surface area contributed by atoms with E-state index >= 15 is 0 Å². The number of ether oxygens (including phenoxy) is 3. The molecular formula is C30H27ClN2O4. The summed E-state index contributed by atoms with van der Waals surface area (Å²) in [5.41, 5.74) is 5.44. The molecule has 7 heteroatoms. The third kappa shape index (κ3) is 8.40. The first-order chi connectivity index (χ1) is 18.0. The first-order valence-corrected chi connectivity index (χ1v) is 12.2. The molecule has 0 saturated carbocycles. The average Bonchev–Trinajstić information content (AvgIpc) is 2.93. The van der Waals surface area contributed by atoms with E-state index in [1.165, 1.54) is 0 Å². The smallest absolute Gasteiger partial charge is 0.280 e. The first-order valence-electron chi connectivity index (χ1n) is 11.8. The molecule has 1 amide bonds. The summed E-state index contributed by atoms with van der Waals surface area (Å²) in [7, 11) is 0. The highest BCUT2D eigenvalue weighted by molar-refractivity contribution is 6.30. The Kier molecular flexibility index (Phi) is 9.16. The Morgan fingerprint density at radius 3 is 1.95 bits per heavy atom. The van der Waals surface area contributed by atoms with Crippen LogP contribution in [0.1, 0.15) is 23.6 Å². The van der Waals surface area contributed by atoms with Crippen LogP contribution in [0.4, 0.5) is 0 Å². The van der Waals surface area contributed by atoms with Gasteiger partial charge in [0.25, 0.3) is 5.91 Å². The highest BCUT2D eigenvalue weighted by Crippen LogP contribution is 2.20. The quantitative estimate of drug-likeness (QED) is 0.185. The lowest BCUT2D eigenvalue weighted by Crippen LogP contribution is -2.33. The molecule has 37 heavy (non-hydrogen) atoms. The average molecular weight is 515 g/mol. The van der Waals surface area contributed by atoms with Gasteiger partial charge in [-0.1, -0.05) is 54.1 Å². The van der Waals surface area contributed by atoms with E-state index in [0.29, 0.717) is 24.0 Å². The maximum Gasteiger partial charge on any atom is 0.280 e. The van der Waals surface area contributed by atoms with Crippen molar-refractivity contribution >= 4 is 23.7 Å². The van der Waals surface area contributed by atoms with Gasteiger partial charge in [0.15, 0.2) is 6.10 Å². The Morgan fingerprint density at radius 2 is 1.32 bits per heavy atom. The van der Waals surface area contributed by atoms with Crippen LogP contribution in [0, 0.1) is 0 Å². The van der Waals surface area contributed by atoms with Crippen LogP contribution >= 0.6 is 11.6 Å². The summed E-state index contributed by atoms with van der Waals surface area (Å²) in [6.45, 7) is 2.59. The van der Waals surface area contributed by atoms with E-state index < -0.39 is 6.10 Å². The van der Waals surface area contributed by atoms with Crippen LogP contribution in [-0.2, 0) is 18.0 Å². The Hall–Kier alpha value is -4.29. The summed E-state index contributed by atoms with van der Waals surface area (Å²) in [6, 6.07) is 32.0. The Balaban J connectivity index is 1.19. The summed E-state index contributed by atoms with van der Waals surface area (Å²) in [5, 5.41) is 4.72. The van der Waals surface area contributed by atoms with Crippen LogP contribution in [0.25, 0.3) is 0 Å². The van der Waals surface area contributed by atoms with Gasteiger partial charge in [0.2, 0.25) is 0 Å². The summed E-state index contributed by atoms with van der Waals surface area (Å²) >= 11 is 5.90. The minimum atomic E-state index is -0.725. The van der Waals surface area contributed by atoms with E-state index in [1.54, 1.807) is 25.3 Å². The molecule has 0 bridgehead atoms.